The van der Waals surface area contributed by atoms with Crippen LogP contribution in [-0.4, -0.2) is 43.1 Å². The summed E-state index contributed by atoms with van der Waals surface area (Å²) in [7, 11) is 0. The van der Waals surface area contributed by atoms with Gasteiger partial charge in [0.05, 0.1) is 12.7 Å². The van der Waals surface area contributed by atoms with Gasteiger partial charge < -0.3 is 9.64 Å². The molecule has 1 saturated carbocycles. The molecule has 0 aromatic carbocycles. The van der Waals surface area contributed by atoms with Crippen LogP contribution >= 0.6 is 11.6 Å². The molecule has 2 fully saturated rings. The molecular formula is C15H28ClNO. The number of halogens is 1. The molecule has 1 aliphatic heterocycles. The fraction of sp³-hybridized carbons (Fsp3) is 1.00. The van der Waals surface area contributed by atoms with E-state index in [0.717, 1.165) is 5.92 Å². The average molecular weight is 274 g/mol. The maximum atomic E-state index is 5.72. The van der Waals surface area contributed by atoms with Gasteiger partial charge in [0, 0.05) is 19.0 Å². The highest BCUT2D eigenvalue weighted by molar-refractivity contribution is 6.17. The Labute approximate surface area is 117 Å². The van der Waals surface area contributed by atoms with Crippen LogP contribution < -0.4 is 0 Å². The predicted molar refractivity (Wildman–Crippen MR) is 77.3 cm³/mol. The zero-order chi connectivity index (χ0) is 12.6. The van der Waals surface area contributed by atoms with Gasteiger partial charge in [-0.3, -0.25) is 0 Å². The lowest BCUT2D eigenvalue weighted by Crippen LogP contribution is -2.38. The molecule has 106 valence electrons. The molecule has 0 aromatic rings. The number of hydrogen-bond donors (Lipinski definition) is 0. The summed E-state index contributed by atoms with van der Waals surface area (Å²) in [5.74, 6) is 1.64. The van der Waals surface area contributed by atoms with Gasteiger partial charge in [0.2, 0.25) is 0 Å². The number of piperidine rings is 1. The Balaban J connectivity index is 1.55. The minimum absolute atomic E-state index is 0.467. The fourth-order valence-corrected chi connectivity index (χ4v) is 3.44. The van der Waals surface area contributed by atoms with Crippen molar-refractivity contribution >= 4 is 11.6 Å². The molecule has 0 unspecified atom stereocenters. The molecule has 1 aliphatic carbocycles. The summed E-state index contributed by atoms with van der Waals surface area (Å²) in [5.41, 5.74) is 0. The summed E-state index contributed by atoms with van der Waals surface area (Å²) < 4.78 is 5.72. The number of rotatable bonds is 6. The Morgan fingerprint density at radius 1 is 1.00 bits per heavy atom. The van der Waals surface area contributed by atoms with E-state index in [1.807, 2.05) is 0 Å². The second kappa shape index (κ2) is 8.39. The zero-order valence-corrected chi connectivity index (χ0v) is 12.3. The summed E-state index contributed by atoms with van der Waals surface area (Å²) in [4.78, 5) is 2.63. The van der Waals surface area contributed by atoms with Gasteiger partial charge in [0.1, 0.15) is 0 Å². The van der Waals surface area contributed by atoms with Gasteiger partial charge in [0.15, 0.2) is 0 Å². The normalized spacial score (nSPS) is 24.5. The van der Waals surface area contributed by atoms with E-state index in [-0.39, 0.29) is 0 Å². The van der Waals surface area contributed by atoms with Crippen molar-refractivity contribution in [1.82, 2.24) is 4.90 Å². The smallest absolute Gasteiger partial charge is 0.0605 e. The van der Waals surface area contributed by atoms with E-state index in [1.165, 1.54) is 71.0 Å². The SMILES string of the molecule is ClCCOC1CCN(CCC2CCCCC2)CC1. The number of likely N-dealkylation sites (tertiary alicyclic amines) is 1. The number of ether oxygens (including phenoxy) is 1. The summed E-state index contributed by atoms with van der Waals surface area (Å²) in [6.07, 6.45) is 11.7. The summed E-state index contributed by atoms with van der Waals surface area (Å²) in [5, 5.41) is 0. The summed E-state index contributed by atoms with van der Waals surface area (Å²) in [6, 6.07) is 0. The van der Waals surface area contributed by atoms with Crippen molar-refractivity contribution in [3.05, 3.63) is 0 Å². The van der Waals surface area contributed by atoms with Gasteiger partial charge in [-0.1, -0.05) is 32.1 Å². The maximum absolute atomic E-state index is 5.72. The first-order valence-corrected chi connectivity index (χ1v) is 8.32. The average Bonchev–Trinajstić information content (AvgIpc) is 2.45. The Kier molecular flexibility index (Phi) is 6.82. The van der Waals surface area contributed by atoms with E-state index < -0.39 is 0 Å². The molecule has 0 bridgehead atoms. The molecule has 2 rings (SSSR count). The van der Waals surface area contributed by atoms with Crippen molar-refractivity contribution in [1.29, 1.82) is 0 Å². The highest BCUT2D eigenvalue weighted by Crippen LogP contribution is 2.26. The van der Waals surface area contributed by atoms with Gasteiger partial charge in [-0.2, -0.15) is 0 Å². The highest BCUT2D eigenvalue weighted by Gasteiger charge is 2.20. The molecule has 0 N–H and O–H groups in total. The number of nitrogens with zero attached hydrogens (tertiary/aromatic N) is 1. The molecule has 0 spiro atoms. The van der Waals surface area contributed by atoms with Gasteiger partial charge in [-0.15, -0.1) is 11.6 Å². The van der Waals surface area contributed by atoms with Crippen LogP contribution in [-0.2, 0) is 4.74 Å². The predicted octanol–water partition coefficient (Wildman–Crippen LogP) is 3.68. The Hall–Kier alpha value is 0.210. The maximum Gasteiger partial charge on any atom is 0.0605 e. The summed E-state index contributed by atoms with van der Waals surface area (Å²) in [6.45, 7) is 4.47. The second-order valence-electron chi connectivity index (χ2n) is 5.89. The van der Waals surface area contributed by atoms with Crippen LogP contribution in [0.5, 0.6) is 0 Å². The van der Waals surface area contributed by atoms with Crippen molar-refractivity contribution < 1.29 is 4.74 Å². The standard InChI is InChI=1S/C15H28ClNO/c16-9-13-18-15-7-11-17(12-8-15)10-6-14-4-2-1-3-5-14/h14-15H,1-13H2. The molecule has 3 heteroatoms. The summed E-state index contributed by atoms with van der Waals surface area (Å²) >= 11 is 5.65. The molecule has 0 radical (unpaired) electrons. The molecule has 1 heterocycles. The van der Waals surface area contributed by atoms with Crippen LogP contribution in [0.15, 0.2) is 0 Å². The molecule has 0 atom stereocenters. The van der Waals surface area contributed by atoms with Crippen molar-refractivity contribution in [3.63, 3.8) is 0 Å². The largest absolute Gasteiger partial charge is 0.377 e. The first-order chi connectivity index (χ1) is 8.88. The molecule has 0 aromatic heterocycles. The fourth-order valence-electron chi connectivity index (χ4n) is 3.35. The third-order valence-electron chi connectivity index (χ3n) is 4.54. The highest BCUT2D eigenvalue weighted by atomic mass is 35.5. The third-order valence-corrected chi connectivity index (χ3v) is 4.70. The van der Waals surface area contributed by atoms with E-state index in [0.29, 0.717) is 18.6 Å². The van der Waals surface area contributed by atoms with Gasteiger partial charge >= 0.3 is 0 Å². The lowest BCUT2D eigenvalue weighted by atomic mass is 9.87. The van der Waals surface area contributed by atoms with Crippen molar-refractivity contribution in [2.24, 2.45) is 5.92 Å². The Morgan fingerprint density at radius 2 is 1.72 bits per heavy atom. The topological polar surface area (TPSA) is 12.5 Å². The minimum Gasteiger partial charge on any atom is -0.377 e. The quantitative estimate of drug-likeness (QED) is 0.685. The van der Waals surface area contributed by atoms with Crippen LogP contribution in [0, 0.1) is 5.92 Å². The zero-order valence-electron chi connectivity index (χ0n) is 11.6. The van der Waals surface area contributed by atoms with Crippen LogP contribution in [0.1, 0.15) is 51.4 Å². The minimum atomic E-state index is 0.467. The Bertz CT molecular complexity index is 211. The Morgan fingerprint density at radius 3 is 2.39 bits per heavy atom. The van der Waals surface area contributed by atoms with Crippen LogP contribution in [0.25, 0.3) is 0 Å². The van der Waals surface area contributed by atoms with E-state index in [1.54, 1.807) is 0 Å². The van der Waals surface area contributed by atoms with Gasteiger partial charge in [-0.05, 0) is 31.7 Å². The molecule has 1 saturated heterocycles. The number of alkyl halides is 1. The second-order valence-corrected chi connectivity index (χ2v) is 6.27. The molecule has 18 heavy (non-hydrogen) atoms. The molecular weight excluding hydrogens is 246 g/mol. The van der Waals surface area contributed by atoms with Gasteiger partial charge in [-0.25, -0.2) is 0 Å². The van der Waals surface area contributed by atoms with E-state index in [9.17, 15) is 0 Å². The monoisotopic (exact) mass is 273 g/mol. The van der Waals surface area contributed by atoms with E-state index >= 15 is 0 Å². The van der Waals surface area contributed by atoms with Crippen LogP contribution in [0.3, 0.4) is 0 Å². The first-order valence-electron chi connectivity index (χ1n) is 7.78. The van der Waals surface area contributed by atoms with Crippen molar-refractivity contribution in [2.45, 2.75) is 57.5 Å². The van der Waals surface area contributed by atoms with Crippen LogP contribution in [0.2, 0.25) is 0 Å². The molecule has 0 amide bonds. The van der Waals surface area contributed by atoms with Crippen LogP contribution in [0.4, 0.5) is 0 Å². The van der Waals surface area contributed by atoms with Gasteiger partial charge in [0.25, 0.3) is 0 Å². The van der Waals surface area contributed by atoms with E-state index in [2.05, 4.69) is 4.90 Å². The van der Waals surface area contributed by atoms with Crippen molar-refractivity contribution in [2.75, 3.05) is 32.1 Å². The number of hydrogen-bond acceptors (Lipinski definition) is 2. The lowest BCUT2D eigenvalue weighted by molar-refractivity contribution is 0.0139. The lowest BCUT2D eigenvalue weighted by Gasteiger charge is -2.33. The molecule has 2 nitrogen and oxygen atoms in total. The van der Waals surface area contributed by atoms with E-state index in [4.69, 9.17) is 16.3 Å². The molecule has 2 aliphatic rings. The van der Waals surface area contributed by atoms with Crippen molar-refractivity contribution in [3.8, 4) is 0 Å². The first kappa shape index (κ1) is 14.6. The third kappa shape index (κ3) is 5.07.